The van der Waals surface area contributed by atoms with Gasteiger partial charge >= 0.3 is 0 Å². The van der Waals surface area contributed by atoms with E-state index in [0.29, 0.717) is 6.42 Å². The molecule has 1 atom stereocenters. The number of aliphatic hydroxyl groups is 1. The van der Waals surface area contributed by atoms with Crippen molar-refractivity contribution in [3.8, 4) is 5.75 Å². The second kappa shape index (κ2) is 8.79. The van der Waals surface area contributed by atoms with Crippen molar-refractivity contribution in [3.63, 3.8) is 0 Å². The molecule has 6 nitrogen and oxygen atoms in total. The van der Waals surface area contributed by atoms with Gasteiger partial charge in [-0.25, -0.2) is 4.39 Å². The molecule has 4 aromatic rings. The summed E-state index contributed by atoms with van der Waals surface area (Å²) in [6.07, 6.45) is 2.39. The number of rotatable bonds is 6. The smallest absolute Gasteiger partial charge is 0.295 e. The number of carbonyl (C=O) groups excluding carboxylic acids is 2. The Kier molecular flexibility index (Phi) is 5.67. The molecule has 5 rings (SSSR count). The molecule has 1 amide bonds. The first-order valence-corrected chi connectivity index (χ1v) is 11.6. The van der Waals surface area contributed by atoms with Gasteiger partial charge in [-0.15, -0.1) is 11.3 Å². The van der Waals surface area contributed by atoms with E-state index >= 15 is 0 Å². The predicted octanol–water partition coefficient (Wildman–Crippen LogP) is 5.04. The number of carbonyl (C=O) groups is 2. The molecule has 1 saturated heterocycles. The highest BCUT2D eigenvalue weighted by Crippen LogP contribution is 2.41. The number of aromatic amines is 1. The molecule has 3 heterocycles. The first-order chi connectivity index (χ1) is 16.5. The largest absolute Gasteiger partial charge is 0.507 e. The maximum absolute atomic E-state index is 13.4. The molecule has 2 aromatic heterocycles. The number of Topliss-reactive ketones (excluding diaryl/α,β-unsaturated/α-hetero) is 1. The van der Waals surface area contributed by atoms with E-state index in [1.807, 2.05) is 41.9 Å². The lowest BCUT2D eigenvalue weighted by Gasteiger charge is -2.24. The molecule has 1 fully saturated rings. The number of methoxy groups -OCH3 is 1. The van der Waals surface area contributed by atoms with Crippen LogP contribution in [0.15, 0.2) is 71.7 Å². The highest BCUT2D eigenvalue weighted by atomic mass is 32.1. The minimum absolute atomic E-state index is 0.0136. The highest BCUT2D eigenvalue weighted by molar-refractivity contribution is 7.10. The van der Waals surface area contributed by atoms with Crippen LogP contribution in [0.5, 0.6) is 5.75 Å². The first kappa shape index (κ1) is 21.9. The van der Waals surface area contributed by atoms with E-state index in [-0.39, 0.29) is 23.4 Å². The van der Waals surface area contributed by atoms with Gasteiger partial charge in [-0.2, -0.15) is 0 Å². The molecule has 2 aromatic carbocycles. The number of likely N-dealkylation sites (tertiary alicyclic amines) is 1. The zero-order valence-corrected chi connectivity index (χ0v) is 19.1. The van der Waals surface area contributed by atoms with Crippen LogP contribution in [0.1, 0.15) is 22.0 Å². The normalized spacial score (nSPS) is 17.6. The maximum atomic E-state index is 13.4. The first-order valence-electron chi connectivity index (χ1n) is 10.7. The summed E-state index contributed by atoms with van der Waals surface area (Å²) in [5, 5.41) is 13.8. The third-order valence-electron chi connectivity index (χ3n) is 6.07. The monoisotopic (exact) mass is 476 g/mol. The van der Waals surface area contributed by atoms with E-state index in [1.165, 1.54) is 40.5 Å². The molecule has 8 heteroatoms. The lowest BCUT2D eigenvalue weighted by molar-refractivity contribution is -0.139. The van der Waals surface area contributed by atoms with Gasteiger partial charge in [0.1, 0.15) is 17.3 Å². The van der Waals surface area contributed by atoms with Gasteiger partial charge in [0.05, 0.1) is 18.7 Å². The van der Waals surface area contributed by atoms with Crippen molar-refractivity contribution in [2.75, 3.05) is 13.7 Å². The lowest BCUT2D eigenvalue weighted by atomic mass is 9.99. The van der Waals surface area contributed by atoms with Crippen LogP contribution in [0.2, 0.25) is 0 Å². The Morgan fingerprint density at radius 1 is 1.18 bits per heavy atom. The number of thiophene rings is 1. The third-order valence-corrected chi connectivity index (χ3v) is 6.99. The standard InChI is InChI=1S/C26H21FN2O4S/c1-33-18-8-9-20-19(13-18)16(14-28-20)10-11-29-23(21-3-2-12-34-21)22(25(31)26(29)32)24(30)15-4-6-17(27)7-5-15/h2-9,12-14,23,28,30H,10-11H2,1H3/t23-/m1/s1. The molecular weight excluding hydrogens is 455 g/mol. The number of ketones is 1. The van der Waals surface area contributed by atoms with Crippen molar-refractivity contribution in [2.45, 2.75) is 12.5 Å². The Morgan fingerprint density at radius 2 is 1.97 bits per heavy atom. The van der Waals surface area contributed by atoms with Gasteiger partial charge in [0.25, 0.3) is 11.7 Å². The van der Waals surface area contributed by atoms with Crippen LogP contribution in [0.3, 0.4) is 0 Å². The summed E-state index contributed by atoms with van der Waals surface area (Å²) in [6.45, 7) is 0.275. The number of nitrogens with zero attached hydrogens (tertiary/aromatic N) is 1. The average Bonchev–Trinajstić information content (AvgIpc) is 3.57. The van der Waals surface area contributed by atoms with Crippen molar-refractivity contribution in [2.24, 2.45) is 0 Å². The molecule has 0 spiro atoms. The second-order valence-corrected chi connectivity index (χ2v) is 8.97. The minimum Gasteiger partial charge on any atom is -0.507 e. The quantitative estimate of drug-likeness (QED) is 0.232. The maximum Gasteiger partial charge on any atom is 0.295 e. The number of nitrogens with one attached hydrogen (secondary N) is 1. The number of H-pyrrole nitrogens is 1. The van der Waals surface area contributed by atoms with E-state index in [0.717, 1.165) is 27.1 Å². The summed E-state index contributed by atoms with van der Waals surface area (Å²) < 4.78 is 18.7. The molecule has 172 valence electrons. The Morgan fingerprint density at radius 3 is 2.68 bits per heavy atom. The fourth-order valence-corrected chi connectivity index (χ4v) is 5.19. The van der Waals surface area contributed by atoms with Gasteiger partial charge in [-0.05, 0) is 65.9 Å². The Bertz CT molecular complexity index is 1410. The van der Waals surface area contributed by atoms with Crippen LogP contribution >= 0.6 is 11.3 Å². The molecule has 0 saturated carbocycles. The summed E-state index contributed by atoms with van der Waals surface area (Å²) in [5.74, 6) is -1.45. The number of aliphatic hydroxyl groups excluding tert-OH is 1. The number of benzene rings is 2. The Labute approximate surface area is 198 Å². The van der Waals surface area contributed by atoms with Gasteiger partial charge in [-0.3, -0.25) is 9.59 Å². The van der Waals surface area contributed by atoms with Gasteiger partial charge < -0.3 is 19.7 Å². The number of hydrogen-bond donors (Lipinski definition) is 2. The fourth-order valence-electron chi connectivity index (χ4n) is 4.35. The molecule has 34 heavy (non-hydrogen) atoms. The van der Waals surface area contributed by atoms with Gasteiger partial charge in [0.2, 0.25) is 0 Å². The molecule has 1 aliphatic rings. The summed E-state index contributed by atoms with van der Waals surface area (Å²) in [6, 6.07) is 13.9. The van der Waals surface area contributed by atoms with E-state index in [1.54, 1.807) is 7.11 Å². The van der Waals surface area contributed by atoms with Crippen LogP contribution < -0.4 is 4.74 Å². The fraction of sp³-hybridized carbons (Fsp3) is 0.154. The number of fused-ring (bicyclic) bond motifs is 1. The SMILES string of the molecule is COc1ccc2[nH]cc(CCN3C(=O)C(=O)C(=C(O)c4ccc(F)cc4)[C@H]3c3cccs3)c2c1. The predicted molar refractivity (Wildman–Crippen MR) is 128 cm³/mol. The molecule has 0 bridgehead atoms. The summed E-state index contributed by atoms with van der Waals surface area (Å²) >= 11 is 1.40. The van der Waals surface area contributed by atoms with Crippen molar-refractivity contribution < 1.29 is 23.8 Å². The summed E-state index contributed by atoms with van der Waals surface area (Å²) in [7, 11) is 1.61. The summed E-state index contributed by atoms with van der Waals surface area (Å²) in [4.78, 5) is 31.6. The highest BCUT2D eigenvalue weighted by Gasteiger charge is 2.46. The molecular formula is C26H21FN2O4S. The average molecular weight is 477 g/mol. The topological polar surface area (TPSA) is 82.6 Å². The zero-order chi connectivity index (χ0) is 23.8. The van der Waals surface area contributed by atoms with E-state index in [2.05, 4.69) is 4.98 Å². The minimum atomic E-state index is -0.749. The van der Waals surface area contributed by atoms with Crippen molar-refractivity contribution in [1.82, 2.24) is 9.88 Å². The third kappa shape index (κ3) is 3.76. The van der Waals surface area contributed by atoms with E-state index in [4.69, 9.17) is 4.74 Å². The number of ether oxygens (including phenoxy) is 1. The van der Waals surface area contributed by atoms with Crippen molar-refractivity contribution in [1.29, 1.82) is 0 Å². The molecule has 0 radical (unpaired) electrons. The molecule has 2 N–H and O–H groups in total. The second-order valence-electron chi connectivity index (χ2n) is 7.99. The number of amides is 1. The van der Waals surface area contributed by atoms with Gasteiger partial charge in [0.15, 0.2) is 0 Å². The van der Waals surface area contributed by atoms with Crippen LogP contribution in [0, 0.1) is 5.82 Å². The summed E-state index contributed by atoms with van der Waals surface area (Å²) in [5.41, 5.74) is 2.23. The van der Waals surface area contributed by atoms with Crippen LogP contribution in [0.4, 0.5) is 4.39 Å². The number of halogens is 1. The van der Waals surface area contributed by atoms with E-state index < -0.39 is 23.5 Å². The number of hydrogen-bond acceptors (Lipinski definition) is 5. The van der Waals surface area contributed by atoms with Crippen LogP contribution in [-0.2, 0) is 16.0 Å². The van der Waals surface area contributed by atoms with Gasteiger partial charge in [0, 0.05) is 34.1 Å². The van der Waals surface area contributed by atoms with Crippen molar-refractivity contribution in [3.05, 3.63) is 93.6 Å². The van der Waals surface area contributed by atoms with Crippen molar-refractivity contribution >= 4 is 39.7 Å². The lowest BCUT2D eigenvalue weighted by Crippen LogP contribution is -2.31. The van der Waals surface area contributed by atoms with Crippen LogP contribution in [0.25, 0.3) is 16.7 Å². The van der Waals surface area contributed by atoms with E-state index in [9.17, 15) is 19.1 Å². The molecule has 0 aliphatic carbocycles. The number of aromatic nitrogens is 1. The molecule has 1 aliphatic heterocycles. The Hall–Kier alpha value is -3.91. The molecule has 0 unspecified atom stereocenters. The Balaban J connectivity index is 1.52. The van der Waals surface area contributed by atoms with Crippen LogP contribution in [-0.4, -0.2) is 40.3 Å². The van der Waals surface area contributed by atoms with Gasteiger partial charge in [-0.1, -0.05) is 6.07 Å². The zero-order valence-electron chi connectivity index (χ0n) is 18.2.